The second kappa shape index (κ2) is 7.73. The van der Waals surface area contributed by atoms with Gasteiger partial charge >= 0.3 is 0 Å². The van der Waals surface area contributed by atoms with E-state index in [9.17, 15) is 9.59 Å². The topological polar surface area (TPSA) is 34.1 Å². The Morgan fingerprint density at radius 3 is 2.74 bits per heavy atom. The van der Waals surface area contributed by atoms with Crippen LogP contribution in [0.1, 0.15) is 60.3 Å². The molecule has 1 saturated carbocycles. The number of carbonyl (C=O) groups is 2. The van der Waals surface area contributed by atoms with Gasteiger partial charge in [0.1, 0.15) is 6.29 Å². The number of allylic oxidation sites excluding steroid dienone is 8. The Hall–Kier alpha value is -1.70. The lowest BCUT2D eigenvalue weighted by Gasteiger charge is -2.40. The highest BCUT2D eigenvalue weighted by molar-refractivity contribution is 6.01. The number of hydrogen-bond donors (Lipinski definition) is 0. The smallest absolute Gasteiger partial charge is 0.163 e. The molecule has 2 heteroatoms. The molecule has 3 rings (SSSR count). The van der Waals surface area contributed by atoms with E-state index in [0.29, 0.717) is 17.8 Å². The molecule has 0 saturated heterocycles. The fourth-order valence-corrected chi connectivity index (χ4v) is 5.88. The van der Waals surface area contributed by atoms with Crippen molar-refractivity contribution in [2.75, 3.05) is 0 Å². The lowest BCUT2D eigenvalue weighted by atomic mass is 9.63. The zero-order chi connectivity index (χ0) is 19.8. The highest BCUT2D eigenvalue weighted by atomic mass is 16.1. The molecule has 0 N–H and O–H groups in total. The number of ketones is 1. The number of hydrogen-bond acceptors (Lipinski definition) is 2. The van der Waals surface area contributed by atoms with Crippen LogP contribution in [0.15, 0.2) is 47.1 Å². The third-order valence-corrected chi connectivity index (χ3v) is 7.43. The standard InChI is InChI=1S/C25H34O2/c1-16(2)7-6-8-17(3)20-11-12-25(5)14-21-18(4)13-23(27)24(21)19(15-26)9-10-22(20)25/h6-9,13,15,17,20-22,24H,10-12,14H2,1-5H3/b8-6-,19-9-/t17-,20+,21+,22-,24-,25+/m0/s1. The van der Waals surface area contributed by atoms with Crippen LogP contribution < -0.4 is 0 Å². The minimum absolute atomic E-state index is 0.130. The number of aldehydes is 1. The van der Waals surface area contributed by atoms with Gasteiger partial charge in [0, 0.05) is 0 Å². The average Bonchev–Trinajstić information content (AvgIpc) is 3.04. The van der Waals surface area contributed by atoms with E-state index < -0.39 is 0 Å². The van der Waals surface area contributed by atoms with Gasteiger partial charge in [0.2, 0.25) is 0 Å². The summed E-state index contributed by atoms with van der Waals surface area (Å²) in [6.07, 6.45) is 16.0. The molecule has 0 amide bonds. The molecule has 2 nitrogen and oxygen atoms in total. The number of fused-ring (bicyclic) bond motifs is 2. The van der Waals surface area contributed by atoms with Crippen LogP contribution in [0.5, 0.6) is 0 Å². The van der Waals surface area contributed by atoms with Gasteiger partial charge in [-0.3, -0.25) is 9.59 Å². The maximum absolute atomic E-state index is 12.5. The molecule has 1 fully saturated rings. The summed E-state index contributed by atoms with van der Waals surface area (Å²) >= 11 is 0. The zero-order valence-corrected chi connectivity index (χ0v) is 17.5. The molecule has 0 aliphatic heterocycles. The zero-order valence-electron chi connectivity index (χ0n) is 17.5. The van der Waals surface area contributed by atoms with Crippen molar-refractivity contribution in [2.45, 2.75) is 60.3 Å². The maximum Gasteiger partial charge on any atom is 0.163 e. The minimum Gasteiger partial charge on any atom is -0.298 e. The van der Waals surface area contributed by atoms with E-state index in [-0.39, 0.29) is 23.0 Å². The monoisotopic (exact) mass is 366 g/mol. The van der Waals surface area contributed by atoms with Gasteiger partial charge in [0.15, 0.2) is 5.78 Å². The van der Waals surface area contributed by atoms with Crippen LogP contribution in [0.3, 0.4) is 0 Å². The summed E-state index contributed by atoms with van der Waals surface area (Å²) in [6.45, 7) is 11.1. The van der Waals surface area contributed by atoms with Gasteiger partial charge in [-0.15, -0.1) is 0 Å². The Kier molecular flexibility index (Phi) is 5.74. The highest BCUT2D eigenvalue weighted by Gasteiger charge is 2.50. The van der Waals surface area contributed by atoms with Crippen molar-refractivity contribution >= 4 is 12.1 Å². The molecule has 0 heterocycles. The summed E-state index contributed by atoms with van der Waals surface area (Å²) in [5.41, 5.74) is 3.45. The molecule has 0 radical (unpaired) electrons. The van der Waals surface area contributed by atoms with Crippen molar-refractivity contribution in [3.63, 3.8) is 0 Å². The van der Waals surface area contributed by atoms with E-state index in [2.05, 4.69) is 58.9 Å². The largest absolute Gasteiger partial charge is 0.298 e. The predicted molar refractivity (Wildman–Crippen MR) is 111 cm³/mol. The van der Waals surface area contributed by atoms with E-state index in [4.69, 9.17) is 0 Å². The van der Waals surface area contributed by atoms with Crippen LogP contribution in [0, 0.1) is 35.0 Å². The summed E-state index contributed by atoms with van der Waals surface area (Å²) in [5, 5.41) is 0. The Morgan fingerprint density at radius 1 is 1.33 bits per heavy atom. The van der Waals surface area contributed by atoms with E-state index in [1.54, 1.807) is 6.08 Å². The Morgan fingerprint density at radius 2 is 2.07 bits per heavy atom. The molecule has 146 valence electrons. The van der Waals surface area contributed by atoms with Gasteiger partial charge in [-0.1, -0.05) is 49.3 Å². The molecule has 3 aliphatic carbocycles. The molecule has 0 aromatic carbocycles. The molecule has 0 spiro atoms. The number of rotatable bonds is 4. The Labute approximate surface area is 164 Å². The summed E-state index contributed by atoms with van der Waals surface area (Å²) in [5.74, 6) is 1.84. The maximum atomic E-state index is 12.5. The van der Waals surface area contributed by atoms with Crippen LogP contribution in [-0.2, 0) is 9.59 Å². The van der Waals surface area contributed by atoms with Gasteiger partial charge in [-0.2, -0.15) is 0 Å². The van der Waals surface area contributed by atoms with Crippen molar-refractivity contribution in [1.29, 1.82) is 0 Å². The predicted octanol–water partition coefficient (Wildman–Crippen LogP) is 5.86. The minimum atomic E-state index is -0.227. The van der Waals surface area contributed by atoms with E-state index in [1.807, 2.05) is 0 Å². The van der Waals surface area contributed by atoms with Gasteiger partial charge in [-0.25, -0.2) is 0 Å². The van der Waals surface area contributed by atoms with E-state index in [1.165, 1.54) is 24.0 Å². The first-order valence-corrected chi connectivity index (χ1v) is 10.5. The first kappa shape index (κ1) is 20.0. The first-order valence-electron chi connectivity index (χ1n) is 10.5. The molecule has 27 heavy (non-hydrogen) atoms. The molecule has 0 unspecified atom stereocenters. The molecule has 0 bridgehead atoms. The van der Waals surface area contributed by atoms with Crippen molar-refractivity contribution in [3.8, 4) is 0 Å². The summed E-state index contributed by atoms with van der Waals surface area (Å²) < 4.78 is 0. The van der Waals surface area contributed by atoms with Crippen molar-refractivity contribution in [2.24, 2.45) is 35.0 Å². The van der Waals surface area contributed by atoms with Crippen LogP contribution in [0.25, 0.3) is 0 Å². The lowest BCUT2D eigenvalue weighted by Crippen LogP contribution is -2.34. The summed E-state index contributed by atoms with van der Waals surface area (Å²) in [4.78, 5) is 24.3. The highest BCUT2D eigenvalue weighted by Crippen LogP contribution is 2.58. The fourth-order valence-electron chi connectivity index (χ4n) is 5.88. The fraction of sp³-hybridized carbons (Fsp3) is 0.600. The van der Waals surface area contributed by atoms with Crippen LogP contribution in [-0.4, -0.2) is 12.1 Å². The molecule has 3 aliphatic rings. The van der Waals surface area contributed by atoms with Crippen molar-refractivity contribution < 1.29 is 9.59 Å². The van der Waals surface area contributed by atoms with Gasteiger partial charge in [0.25, 0.3) is 0 Å². The van der Waals surface area contributed by atoms with Gasteiger partial charge < -0.3 is 0 Å². The van der Waals surface area contributed by atoms with Gasteiger partial charge in [-0.05, 0) is 87.2 Å². The first-order chi connectivity index (χ1) is 12.8. The van der Waals surface area contributed by atoms with E-state index in [0.717, 1.165) is 24.7 Å². The van der Waals surface area contributed by atoms with Crippen LogP contribution >= 0.6 is 0 Å². The van der Waals surface area contributed by atoms with E-state index >= 15 is 0 Å². The third kappa shape index (κ3) is 3.81. The molecular formula is C25H34O2. The van der Waals surface area contributed by atoms with Crippen molar-refractivity contribution in [1.82, 2.24) is 0 Å². The van der Waals surface area contributed by atoms with Gasteiger partial charge in [0.05, 0.1) is 5.92 Å². The average molecular weight is 367 g/mol. The molecule has 6 atom stereocenters. The quantitative estimate of drug-likeness (QED) is 0.461. The van der Waals surface area contributed by atoms with Crippen molar-refractivity contribution in [3.05, 3.63) is 47.1 Å². The van der Waals surface area contributed by atoms with Crippen LogP contribution in [0.2, 0.25) is 0 Å². The second-order valence-electron chi connectivity index (χ2n) is 9.59. The molecule has 0 aromatic heterocycles. The summed E-state index contributed by atoms with van der Waals surface area (Å²) in [7, 11) is 0. The lowest BCUT2D eigenvalue weighted by molar-refractivity contribution is -0.119. The Balaban J connectivity index is 1.90. The summed E-state index contributed by atoms with van der Waals surface area (Å²) in [6, 6.07) is 0. The SMILES string of the molecule is CC(C)=C/C=C\[C@H](C)[C@H]1CC[C@]2(C)C[C@@H]3C(C)=CC(=O)[C@H]3/C(C=O)=C\C[C@@H]12. The second-order valence-corrected chi connectivity index (χ2v) is 9.59. The molecule has 0 aromatic rings. The normalized spacial score (nSPS) is 38.9. The Bertz CT molecular complexity index is 731. The third-order valence-electron chi connectivity index (χ3n) is 7.43. The molecular weight excluding hydrogens is 332 g/mol. The number of carbonyl (C=O) groups excluding carboxylic acids is 2. The van der Waals surface area contributed by atoms with Crippen LogP contribution in [0.4, 0.5) is 0 Å².